The van der Waals surface area contributed by atoms with Crippen LogP contribution in [0.4, 0.5) is 8.78 Å². The first-order chi connectivity index (χ1) is 32.5. The second-order valence-electron chi connectivity index (χ2n) is 21.8. The van der Waals surface area contributed by atoms with Gasteiger partial charge >= 0.3 is 0 Å². The van der Waals surface area contributed by atoms with Gasteiger partial charge in [-0.15, -0.1) is 0 Å². The lowest BCUT2D eigenvalue weighted by atomic mass is 9.47. The normalized spacial score (nSPS) is 25.9. The number of allylic oxidation sites excluding steroid dienone is 1. The zero-order valence-electron chi connectivity index (χ0n) is 40.9. The molecule has 8 atom stereocenters. The predicted octanol–water partition coefficient (Wildman–Crippen LogP) is 10.6. The van der Waals surface area contributed by atoms with E-state index in [1.807, 2.05) is 0 Å². The molecule has 12 heteroatoms. The molecule has 0 aromatic heterocycles. The number of hydrogen-bond donors (Lipinski definition) is 5. The molecule has 0 bridgehead atoms. The maximum absolute atomic E-state index is 14.6. The van der Waals surface area contributed by atoms with Crippen LogP contribution in [-0.2, 0) is 9.59 Å². The number of aromatic hydroxyl groups is 1. The molecule has 2 aromatic rings. The fraction of sp³-hybridized carbons (Fsp3) is 0.571. The highest BCUT2D eigenvalue weighted by molar-refractivity contribution is 6.04. The Bertz CT molecular complexity index is 2590. The molecule has 0 radical (unpaired) electrons. The van der Waals surface area contributed by atoms with E-state index in [1.54, 1.807) is 24.6 Å². The number of hydrogen-bond acceptors (Lipinski definition) is 7. The summed E-state index contributed by atoms with van der Waals surface area (Å²) in [6.45, 7) is 15.5. The molecule has 0 spiro atoms. The van der Waals surface area contributed by atoms with Crippen LogP contribution < -0.4 is 26.7 Å². The molecule has 68 heavy (non-hydrogen) atoms. The van der Waals surface area contributed by atoms with Gasteiger partial charge in [-0.25, -0.2) is 8.78 Å². The van der Waals surface area contributed by atoms with Crippen molar-refractivity contribution < 1.29 is 32.7 Å². The van der Waals surface area contributed by atoms with Gasteiger partial charge in [-0.2, -0.15) is 0 Å². The van der Waals surface area contributed by atoms with Crippen molar-refractivity contribution >= 4 is 28.7 Å². The van der Waals surface area contributed by atoms with E-state index in [0.717, 1.165) is 79.2 Å². The largest absolute Gasteiger partial charge is 0.505 e. The molecular weight excluding hydrogens is 863 g/mol. The molecule has 0 unspecified atom stereocenters. The summed E-state index contributed by atoms with van der Waals surface area (Å²) in [6, 6.07) is 9.35. The molecule has 6 aliphatic rings. The number of carbonyl (C=O) groups is 3. The zero-order valence-corrected chi connectivity index (χ0v) is 40.9. The van der Waals surface area contributed by atoms with Gasteiger partial charge in [0, 0.05) is 59.8 Å². The van der Waals surface area contributed by atoms with Gasteiger partial charge in [-0.05, 0) is 153 Å². The Morgan fingerprint density at radius 3 is 2.41 bits per heavy atom. The standard InChI is InChI=1S/C56H72F2N4O6/c1-32(2)9-7-10-33(3)42-15-16-43-39-14-12-36-26-37(17-20-55(36,5)44(39)18-21-56(42,43)6)59-22-8-23-60-51(65)19-24-61-52(66)31-62-54(67)35-11-13-38(34(4)25-35)53-40-27-45(57)47(63)29-49(40)68-50-30-48(64)46(58)28-41(50)53/h11-13,25,27-30,32-33,37,39,42-44,59,63H,7-10,14-24,26,31H2,1-6H3,(H,60,65)(H,61,66)(H,62,67)/t33-,37+,39+,42-,43+,44+,55+,56-/m1/s1. The van der Waals surface area contributed by atoms with Crippen LogP contribution in [0.25, 0.3) is 33.4 Å². The number of benzene rings is 3. The molecule has 3 amide bonds. The molecule has 3 saturated carbocycles. The second-order valence-corrected chi connectivity index (χ2v) is 21.8. The summed E-state index contributed by atoms with van der Waals surface area (Å²) in [5.74, 6) is 1.39. The summed E-state index contributed by atoms with van der Waals surface area (Å²) in [4.78, 5) is 50.4. The number of amides is 3. The van der Waals surface area contributed by atoms with Gasteiger partial charge in [0.2, 0.25) is 17.2 Å². The molecule has 10 nitrogen and oxygen atoms in total. The van der Waals surface area contributed by atoms with E-state index in [2.05, 4.69) is 62.0 Å². The van der Waals surface area contributed by atoms with Crippen LogP contribution in [0.15, 0.2) is 63.3 Å². The summed E-state index contributed by atoms with van der Waals surface area (Å²) in [6.07, 6.45) is 18.2. The third-order valence-corrected chi connectivity index (χ3v) is 17.1. The lowest BCUT2D eigenvalue weighted by Crippen LogP contribution is -2.51. The number of phenolic OH excluding ortho intramolecular Hbond substituents is 1. The van der Waals surface area contributed by atoms with Crippen molar-refractivity contribution in [3.63, 3.8) is 0 Å². The van der Waals surface area contributed by atoms with Crippen molar-refractivity contribution in [2.24, 2.45) is 46.3 Å². The van der Waals surface area contributed by atoms with Crippen LogP contribution in [0.5, 0.6) is 5.75 Å². The Labute approximate surface area is 400 Å². The average Bonchev–Trinajstić information content (AvgIpc) is 3.66. The summed E-state index contributed by atoms with van der Waals surface area (Å²) >= 11 is 0. The van der Waals surface area contributed by atoms with Gasteiger partial charge in [0.1, 0.15) is 11.3 Å². The molecular formula is C56H72F2N4O6. The first-order valence-corrected chi connectivity index (χ1v) is 25.4. The minimum atomic E-state index is -1.01. The summed E-state index contributed by atoms with van der Waals surface area (Å²) in [5.41, 5.74) is 3.59. The number of aryl methyl sites for hydroxylation is 1. The van der Waals surface area contributed by atoms with E-state index in [1.165, 1.54) is 70.3 Å². The predicted molar refractivity (Wildman–Crippen MR) is 263 cm³/mol. The Morgan fingerprint density at radius 1 is 0.838 bits per heavy atom. The van der Waals surface area contributed by atoms with E-state index in [4.69, 9.17) is 4.42 Å². The Kier molecular flexibility index (Phi) is 14.8. The summed E-state index contributed by atoms with van der Waals surface area (Å²) in [5, 5.41) is 22.3. The minimum Gasteiger partial charge on any atom is -0.505 e. The van der Waals surface area contributed by atoms with E-state index in [0.29, 0.717) is 40.1 Å². The number of nitrogens with one attached hydrogen (secondary N) is 4. The molecule has 1 aliphatic heterocycles. The fourth-order valence-electron chi connectivity index (χ4n) is 13.5. The Morgan fingerprint density at radius 2 is 1.63 bits per heavy atom. The third kappa shape index (κ3) is 10.1. The van der Waals surface area contributed by atoms with Gasteiger partial charge in [0.15, 0.2) is 17.4 Å². The van der Waals surface area contributed by atoms with Crippen molar-refractivity contribution in [2.75, 3.05) is 26.2 Å². The number of rotatable bonds is 17. The molecule has 0 saturated heterocycles. The van der Waals surface area contributed by atoms with Crippen molar-refractivity contribution in [3.8, 4) is 28.2 Å². The molecule has 3 fully saturated rings. The Balaban J connectivity index is 0.740. The highest BCUT2D eigenvalue weighted by Gasteiger charge is 2.59. The number of carbonyl (C=O) groups excluding carboxylic acids is 3. The highest BCUT2D eigenvalue weighted by Crippen LogP contribution is 2.67. The fourth-order valence-corrected chi connectivity index (χ4v) is 13.5. The van der Waals surface area contributed by atoms with Crippen LogP contribution in [-0.4, -0.2) is 55.0 Å². The average molecular weight is 935 g/mol. The van der Waals surface area contributed by atoms with Gasteiger partial charge in [-0.3, -0.25) is 19.2 Å². The molecule has 5 aliphatic carbocycles. The minimum absolute atomic E-state index is 0.0411. The van der Waals surface area contributed by atoms with Crippen molar-refractivity contribution in [2.45, 2.75) is 131 Å². The van der Waals surface area contributed by atoms with E-state index < -0.39 is 34.6 Å². The first kappa shape index (κ1) is 49.3. The molecule has 1 heterocycles. The van der Waals surface area contributed by atoms with E-state index in [-0.39, 0.29) is 53.3 Å². The van der Waals surface area contributed by atoms with Crippen molar-refractivity contribution in [3.05, 3.63) is 87.1 Å². The van der Waals surface area contributed by atoms with Gasteiger partial charge in [0.25, 0.3) is 5.91 Å². The smallest absolute Gasteiger partial charge is 0.251 e. The second kappa shape index (κ2) is 20.5. The monoisotopic (exact) mass is 935 g/mol. The van der Waals surface area contributed by atoms with E-state index >= 15 is 0 Å². The molecule has 5 N–H and O–H groups in total. The van der Waals surface area contributed by atoms with Crippen LogP contribution in [0.2, 0.25) is 0 Å². The Hall–Kier alpha value is -5.10. The number of phenols is 1. The zero-order chi connectivity index (χ0) is 48.5. The summed E-state index contributed by atoms with van der Waals surface area (Å²) < 4.78 is 34.9. The van der Waals surface area contributed by atoms with Gasteiger partial charge in [0.05, 0.1) is 6.54 Å². The maximum Gasteiger partial charge on any atom is 0.251 e. The van der Waals surface area contributed by atoms with Crippen LogP contribution in [0.1, 0.15) is 134 Å². The maximum atomic E-state index is 14.6. The highest BCUT2D eigenvalue weighted by atomic mass is 19.1. The van der Waals surface area contributed by atoms with Crippen LogP contribution >= 0.6 is 0 Å². The van der Waals surface area contributed by atoms with Crippen molar-refractivity contribution in [1.29, 1.82) is 0 Å². The third-order valence-electron chi connectivity index (χ3n) is 17.1. The van der Waals surface area contributed by atoms with Crippen molar-refractivity contribution in [1.82, 2.24) is 21.3 Å². The van der Waals surface area contributed by atoms with Gasteiger partial charge < -0.3 is 30.8 Å². The van der Waals surface area contributed by atoms with Gasteiger partial charge in [-0.1, -0.05) is 71.6 Å². The topological polar surface area (TPSA) is 150 Å². The SMILES string of the molecule is Cc1cc(C(=O)NCC(=O)NCCC(=O)NCCCN[C@H]2CC[C@@]3(C)C(=CC[C@H]4[C@@H]5CC[C@H]([C@H](C)CCCC(C)C)[C@@]5(C)CC[C@@H]43)C2)ccc1-c1c2cc(F)c(=O)cc-2oc2cc(O)c(F)cc12. The van der Waals surface area contributed by atoms with Crippen LogP contribution in [0, 0.1) is 64.9 Å². The number of fused-ring (bicyclic) bond motifs is 7. The molecule has 8 rings (SSSR count). The number of halogens is 2. The van der Waals surface area contributed by atoms with E-state index in [9.17, 15) is 33.1 Å². The lowest BCUT2D eigenvalue weighted by Gasteiger charge is -2.58. The molecule has 366 valence electrons. The lowest BCUT2D eigenvalue weighted by molar-refractivity contribution is -0.121. The quantitative estimate of drug-likeness (QED) is 0.0402. The summed E-state index contributed by atoms with van der Waals surface area (Å²) in [7, 11) is 0. The first-order valence-electron chi connectivity index (χ1n) is 25.4. The molecule has 2 aromatic carbocycles. The van der Waals surface area contributed by atoms with Crippen LogP contribution in [0.3, 0.4) is 0 Å².